The van der Waals surface area contributed by atoms with Crippen LogP contribution < -0.4 is 21.3 Å². The molecule has 37 heavy (non-hydrogen) atoms. The molecule has 11 nitrogen and oxygen atoms in total. The maximum atomic E-state index is 13.0. The van der Waals surface area contributed by atoms with Crippen LogP contribution in [0.2, 0.25) is 0 Å². The van der Waals surface area contributed by atoms with E-state index in [0.717, 1.165) is 38.9 Å². The lowest BCUT2D eigenvalue weighted by Crippen LogP contribution is -2.56. The highest BCUT2D eigenvalue weighted by Crippen LogP contribution is 2.08. The van der Waals surface area contributed by atoms with E-state index in [4.69, 9.17) is 0 Å². The minimum absolute atomic E-state index is 0.103. The van der Waals surface area contributed by atoms with Crippen molar-refractivity contribution >= 4 is 29.6 Å². The molecule has 0 spiro atoms. The van der Waals surface area contributed by atoms with Gasteiger partial charge in [0.2, 0.25) is 17.7 Å². The summed E-state index contributed by atoms with van der Waals surface area (Å²) in [4.78, 5) is 63.8. The van der Waals surface area contributed by atoms with Crippen LogP contribution in [-0.4, -0.2) is 86.4 Å². The monoisotopic (exact) mass is 527 g/mol. The number of carbonyl (C=O) groups excluding carboxylic acids is 5. The van der Waals surface area contributed by atoms with Crippen molar-refractivity contribution in [2.75, 3.05) is 39.8 Å². The Hall–Kier alpha value is -2.69. The van der Waals surface area contributed by atoms with Gasteiger partial charge < -0.3 is 30.9 Å². The molecule has 0 saturated carbocycles. The summed E-state index contributed by atoms with van der Waals surface area (Å²) in [6, 6.07) is -1.78. The van der Waals surface area contributed by atoms with Gasteiger partial charge in [0, 0.05) is 5.92 Å². The molecule has 0 unspecified atom stereocenters. The summed E-state index contributed by atoms with van der Waals surface area (Å²) in [6.45, 7) is 13.8. The van der Waals surface area contributed by atoms with Crippen molar-refractivity contribution in [2.24, 2.45) is 11.8 Å². The van der Waals surface area contributed by atoms with E-state index in [1.54, 1.807) is 27.7 Å². The Morgan fingerprint density at radius 2 is 1.41 bits per heavy atom. The number of ether oxygens (including phenoxy) is 1. The van der Waals surface area contributed by atoms with E-state index in [2.05, 4.69) is 44.8 Å². The molecule has 0 aromatic rings. The maximum Gasteiger partial charge on any atom is 0.407 e. The summed E-state index contributed by atoms with van der Waals surface area (Å²) < 4.78 is 4.61. The molecule has 0 aliphatic carbocycles. The Balaban J connectivity index is 5.19. The zero-order chi connectivity index (χ0) is 28.4. The largest absolute Gasteiger partial charge is 0.453 e. The summed E-state index contributed by atoms with van der Waals surface area (Å²) >= 11 is 0. The molecule has 0 heterocycles. The zero-order valence-electron chi connectivity index (χ0n) is 23.8. The summed E-state index contributed by atoms with van der Waals surface area (Å²) in [6.07, 6.45) is 3.31. The minimum atomic E-state index is -0.891. The van der Waals surface area contributed by atoms with E-state index in [1.165, 1.54) is 7.11 Å². The molecule has 11 heteroatoms. The number of nitrogens with one attached hydrogen (secondary N) is 4. The van der Waals surface area contributed by atoms with E-state index >= 15 is 0 Å². The minimum Gasteiger partial charge on any atom is -0.453 e. The second kappa shape index (κ2) is 19.4. The number of ketones is 1. The molecule has 0 rings (SSSR count). The van der Waals surface area contributed by atoms with Crippen LogP contribution in [0.4, 0.5) is 4.79 Å². The standard InChI is InChI=1S/C26H49N5O6/c1-8-13-31(14-9-2)15-11-10-12-20(29-25(35)23(19(5)6)30-26(36)37-7)24(34)28-17-22(33)27-16-21(32)18(3)4/h18-20,23H,8-17H2,1-7H3,(H,27,33)(H,28,34)(H,29,35)(H,30,36)/t20-,23-/m0/s1. The van der Waals surface area contributed by atoms with Gasteiger partial charge in [0.25, 0.3) is 0 Å². The Kier molecular flexibility index (Phi) is 18.0. The number of carbonyl (C=O) groups is 5. The number of methoxy groups -OCH3 is 1. The lowest BCUT2D eigenvalue weighted by atomic mass is 10.0. The van der Waals surface area contributed by atoms with Crippen molar-refractivity contribution in [1.29, 1.82) is 0 Å². The van der Waals surface area contributed by atoms with Crippen LogP contribution in [0.3, 0.4) is 0 Å². The van der Waals surface area contributed by atoms with Gasteiger partial charge in [-0.25, -0.2) is 4.79 Å². The third-order valence-corrected chi connectivity index (χ3v) is 5.86. The molecule has 214 valence electrons. The fourth-order valence-corrected chi connectivity index (χ4v) is 3.65. The van der Waals surface area contributed by atoms with Gasteiger partial charge in [-0.1, -0.05) is 41.5 Å². The summed E-state index contributed by atoms with van der Waals surface area (Å²) in [7, 11) is 1.21. The second-order valence-electron chi connectivity index (χ2n) is 9.87. The van der Waals surface area contributed by atoms with Gasteiger partial charge in [0.15, 0.2) is 5.78 Å². The fraction of sp³-hybridized carbons (Fsp3) is 0.808. The molecule has 4 amide bonds. The zero-order valence-corrected chi connectivity index (χ0v) is 23.8. The molecule has 0 aromatic heterocycles. The fourth-order valence-electron chi connectivity index (χ4n) is 3.65. The molecular weight excluding hydrogens is 478 g/mol. The Labute approximate surface area is 222 Å². The number of rotatable bonds is 19. The van der Waals surface area contributed by atoms with E-state index in [9.17, 15) is 24.0 Å². The van der Waals surface area contributed by atoms with Crippen LogP contribution in [-0.2, 0) is 23.9 Å². The lowest BCUT2D eigenvalue weighted by molar-refractivity contribution is -0.132. The van der Waals surface area contributed by atoms with Crippen LogP contribution in [0, 0.1) is 11.8 Å². The van der Waals surface area contributed by atoms with Crippen LogP contribution in [0.25, 0.3) is 0 Å². The molecule has 2 atom stereocenters. The van der Waals surface area contributed by atoms with Gasteiger partial charge in [-0.3, -0.25) is 19.2 Å². The van der Waals surface area contributed by atoms with E-state index < -0.39 is 35.9 Å². The number of hydrogen-bond acceptors (Lipinski definition) is 7. The lowest BCUT2D eigenvalue weighted by Gasteiger charge is -2.25. The third kappa shape index (κ3) is 15.2. The molecule has 0 fully saturated rings. The average Bonchev–Trinajstić information content (AvgIpc) is 2.85. The first-order valence-electron chi connectivity index (χ1n) is 13.4. The van der Waals surface area contributed by atoms with Crippen LogP contribution in [0.15, 0.2) is 0 Å². The van der Waals surface area contributed by atoms with Crippen molar-refractivity contribution in [2.45, 2.75) is 85.7 Å². The molecule has 4 N–H and O–H groups in total. The predicted octanol–water partition coefficient (Wildman–Crippen LogP) is 1.60. The second-order valence-corrected chi connectivity index (χ2v) is 9.87. The molecule has 0 aromatic carbocycles. The van der Waals surface area contributed by atoms with Crippen LogP contribution in [0.5, 0.6) is 0 Å². The molecule has 0 bridgehead atoms. The highest BCUT2D eigenvalue weighted by molar-refractivity contribution is 5.93. The van der Waals surface area contributed by atoms with E-state index in [0.29, 0.717) is 12.8 Å². The molecule has 0 radical (unpaired) electrons. The van der Waals surface area contributed by atoms with Crippen molar-refractivity contribution in [3.8, 4) is 0 Å². The number of unbranched alkanes of at least 4 members (excludes halogenated alkanes) is 1. The van der Waals surface area contributed by atoms with Gasteiger partial charge in [-0.05, 0) is 57.7 Å². The van der Waals surface area contributed by atoms with E-state index in [-0.39, 0.29) is 30.7 Å². The normalized spacial score (nSPS) is 12.7. The number of alkyl carbamates (subject to hydrolysis) is 1. The number of nitrogens with zero attached hydrogens (tertiary/aromatic N) is 1. The van der Waals surface area contributed by atoms with Crippen LogP contribution in [0.1, 0.15) is 73.6 Å². The Bertz CT molecular complexity index is 722. The van der Waals surface area contributed by atoms with Gasteiger partial charge >= 0.3 is 6.09 Å². The molecule has 0 aliphatic heterocycles. The summed E-state index contributed by atoms with van der Waals surface area (Å²) in [5, 5.41) is 10.3. The first kappa shape index (κ1) is 34.3. The Morgan fingerprint density at radius 3 is 1.92 bits per heavy atom. The first-order valence-corrected chi connectivity index (χ1v) is 13.4. The summed E-state index contributed by atoms with van der Waals surface area (Å²) in [5.74, 6) is -2.06. The quantitative estimate of drug-likeness (QED) is 0.187. The number of hydrogen-bond donors (Lipinski definition) is 4. The number of amides is 4. The smallest absolute Gasteiger partial charge is 0.407 e. The molecule has 0 saturated heterocycles. The van der Waals surface area contributed by atoms with E-state index in [1.807, 2.05) is 0 Å². The van der Waals surface area contributed by atoms with Gasteiger partial charge in [-0.15, -0.1) is 0 Å². The third-order valence-electron chi connectivity index (χ3n) is 5.86. The predicted molar refractivity (Wildman–Crippen MR) is 143 cm³/mol. The number of Topliss-reactive ketones (excluding diaryl/α,β-unsaturated/α-hetero) is 1. The van der Waals surface area contributed by atoms with Crippen LogP contribution >= 0.6 is 0 Å². The SMILES string of the molecule is CCCN(CCC)CCCC[C@H](NC(=O)[C@@H](NC(=O)OC)C(C)C)C(=O)NCC(=O)NCC(=O)C(C)C. The van der Waals surface area contributed by atoms with Crippen molar-refractivity contribution < 1.29 is 28.7 Å². The maximum absolute atomic E-state index is 13.0. The summed E-state index contributed by atoms with van der Waals surface area (Å²) in [5.41, 5.74) is 0. The van der Waals surface area contributed by atoms with Crippen molar-refractivity contribution in [3.63, 3.8) is 0 Å². The van der Waals surface area contributed by atoms with Gasteiger partial charge in [0.1, 0.15) is 12.1 Å². The van der Waals surface area contributed by atoms with Gasteiger partial charge in [0.05, 0.1) is 20.2 Å². The van der Waals surface area contributed by atoms with Gasteiger partial charge in [-0.2, -0.15) is 0 Å². The Morgan fingerprint density at radius 1 is 0.784 bits per heavy atom. The average molecular weight is 528 g/mol. The highest BCUT2D eigenvalue weighted by atomic mass is 16.5. The van der Waals surface area contributed by atoms with Crippen molar-refractivity contribution in [1.82, 2.24) is 26.2 Å². The first-order chi connectivity index (χ1) is 17.5. The van der Waals surface area contributed by atoms with Crippen molar-refractivity contribution in [3.05, 3.63) is 0 Å². The molecule has 0 aliphatic rings. The topological polar surface area (TPSA) is 146 Å². The molecular formula is C26H49N5O6. The highest BCUT2D eigenvalue weighted by Gasteiger charge is 2.29.